The van der Waals surface area contributed by atoms with Gasteiger partial charge in [0.15, 0.2) is 5.78 Å². The number of amides is 1. The number of rotatable bonds is 3. The van der Waals surface area contributed by atoms with E-state index in [-0.39, 0.29) is 16.2 Å². The molecule has 7 heteroatoms. The molecule has 0 spiro atoms. The summed E-state index contributed by atoms with van der Waals surface area (Å²) in [6.07, 6.45) is 0. The van der Waals surface area contributed by atoms with Crippen molar-refractivity contribution in [1.82, 2.24) is 0 Å². The van der Waals surface area contributed by atoms with Gasteiger partial charge in [-0.15, -0.1) is 11.3 Å². The highest BCUT2D eigenvalue weighted by atomic mass is 32.2. The summed E-state index contributed by atoms with van der Waals surface area (Å²) in [7, 11) is 0. The standard InChI is InChI=1S/C13H19N3O2S2/c1-7(17)10-9(14)8(11(15)18)12(20-10)16-4-5-19-13(2,3)6-16/h4-6,14H2,1-3H3,(H2,15,18). The summed E-state index contributed by atoms with van der Waals surface area (Å²) in [6.45, 7) is 7.40. The van der Waals surface area contributed by atoms with Gasteiger partial charge in [-0.2, -0.15) is 11.8 Å². The maximum Gasteiger partial charge on any atom is 0.253 e. The van der Waals surface area contributed by atoms with E-state index in [1.807, 2.05) is 11.8 Å². The van der Waals surface area contributed by atoms with Gasteiger partial charge in [-0.25, -0.2) is 0 Å². The molecule has 0 atom stereocenters. The molecule has 0 saturated carbocycles. The largest absolute Gasteiger partial charge is 0.397 e. The normalized spacial score (nSPS) is 18.1. The number of carbonyl (C=O) groups excluding carboxylic acids is 2. The molecule has 1 amide bonds. The molecule has 4 N–H and O–H groups in total. The molecule has 2 rings (SSSR count). The van der Waals surface area contributed by atoms with Crippen LogP contribution in [0.3, 0.4) is 0 Å². The molecular weight excluding hydrogens is 294 g/mol. The Balaban J connectivity index is 2.48. The molecule has 110 valence electrons. The third-order valence-electron chi connectivity index (χ3n) is 3.21. The van der Waals surface area contributed by atoms with E-state index < -0.39 is 5.91 Å². The third-order valence-corrected chi connectivity index (χ3v) is 5.87. The fraction of sp³-hybridized carbons (Fsp3) is 0.538. The van der Waals surface area contributed by atoms with Crippen molar-refractivity contribution in [3.05, 3.63) is 10.4 Å². The van der Waals surface area contributed by atoms with E-state index >= 15 is 0 Å². The van der Waals surface area contributed by atoms with Crippen molar-refractivity contribution in [1.29, 1.82) is 0 Å². The van der Waals surface area contributed by atoms with E-state index in [0.717, 1.165) is 23.8 Å². The molecule has 20 heavy (non-hydrogen) atoms. The number of primary amides is 1. The van der Waals surface area contributed by atoms with Crippen molar-refractivity contribution in [2.45, 2.75) is 25.5 Å². The summed E-state index contributed by atoms with van der Waals surface area (Å²) in [5.41, 5.74) is 11.9. The highest BCUT2D eigenvalue weighted by Crippen LogP contribution is 2.41. The molecule has 0 bridgehead atoms. The van der Waals surface area contributed by atoms with Crippen molar-refractivity contribution in [3.8, 4) is 0 Å². The van der Waals surface area contributed by atoms with Gasteiger partial charge in [0.05, 0.1) is 16.1 Å². The molecule has 0 aliphatic carbocycles. The van der Waals surface area contributed by atoms with Crippen LogP contribution in [0.5, 0.6) is 0 Å². The van der Waals surface area contributed by atoms with Crippen molar-refractivity contribution in [2.24, 2.45) is 5.73 Å². The highest BCUT2D eigenvalue weighted by Gasteiger charge is 2.32. The summed E-state index contributed by atoms with van der Waals surface area (Å²) in [4.78, 5) is 25.8. The van der Waals surface area contributed by atoms with Gasteiger partial charge in [-0.3, -0.25) is 9.59 Å². The Bertz CT molecular complexity index is 566. The van der Waals surface area contributed by atoms with Gasteiger partial charge in [0, 0.05) is 30.5 Å². The first-order valence-electron chi connectivity index (χ1n) is 6.35. The minimum absolute atomic E-state index is 0.0995. The van der Waals surface area contributed by atoms with Crippen molar-refractivity contribution < 1.29 is 9.59 Å². The second-order valence-corrected chi connectivity index (χ2v) is 8.28. The van der Waals surface area contributed by atoms with Crippen LogP contribution in [-0.4, -0.2) is 35.3 Å². The Morgan fingerprint density at radius 1 is 1.35 bits per heavy atom. The molecule has 1 aromatic heterocycles. The second kappa shape index (κ2) is 5.29. The lowest BCUT2D eigenvalue weighted by atomic mass is 10.1. The molecule has 0 radical (unpaired) electrons. The van der Waals surface area contributed by atoms with Crippen LogP contribution in [0, 0.1) is 0 Å². The number of thioether (sulfide) groups is 1. The van der Waals surface area contributed by atoms with Crippen LogP contribution in [0.2, 0.25) is 0 Å². The maximum atomic E-state index is 11.7. The topological polar surface area (TPSA) is 89.4 Å². The predicted molar refractivity (Wildman–Crippen MR) is 86.0 cm³/mol. The average Bonchev–Trinajstić information content (AvgIpc) is 2.65. The van der Waals surface area contributed by atoms with E-state index in [1.54, 1.807) is 0 Å². The van der Waals surface area contributed by atoms with Gasteiger partial charge < -0.3 is 16.4 Å². The summed E-state index contributed by atoms with van der Waals surface area (Å²) in [5, 5.41) is 0.730. The van der Waals surface area contributed by atoms with Gasteiger partial charge in [0.25, 0.3) is 5.91 Å². The van der Waals surface area contributed by atoms with Crippen LogP contribution >= 0.6 is 23.1 Å². The number of nitrogens with two attached hydrogens (primary N) is 2. The van der Waals surface area contributed by atoms with E-state index in [4.69, 9.17) is 11.5 Å². The van der Waals surface area contributed by atoms with E-state index in [9.17, 15) is 9.59 Å². The Hall–Kier alpha value is -1.21. The zero-order valence-electron chi connectivity index (χ0n) is 11.9. The number of ketones is 1. The number of carbonyl (C=O) groups is 2. The lowest BCUT2D eigenvalue weighted by Gasteiger charge is -2.38. The van der Waals surface area contributed by atoms with Crippen molar-refractivity contribution in [3.63, 3.8) is 0 Å². The number of hydrogen-bond donors (Lipinski definition) is 2. The Morgan fingerprint density at radius 3 is 2.50 bits per heavy atom. The Kier molecular flexibility index (Phi) is 4.02. The highest BCUT2D eigenvalue weighted by molar-refractivity contribution is 8.00. The van der Waals surface area contributed by atoms with Gasteiger partial charge >= 0.3 is 0 Å². The molecule has 2 heterocycles. The first-order valence-corrected chi connectivity index (χ1v) is 8.15. The summed E-state index contributed by atoms with van der Waals surface area (Å²) in [5.74, 6) is 0.266. The first-order chi connectivity index (χ1) is 9.23. The van der Waals surface area contributed by atoms with Crippen LogP contribution in [0.4, 0.5) is 10.7 Å². The fourth-order valence-corrected chi connectivity index (χ4v) is 4.60. The van der Waals surface area contributed by atoms with E-state index in [2.05, 4.69) is 18.7 Å². The quantitative estimate of drug-likeness (QED) is 0.833. The van der Waals surface area contributed by atoms with Crippen LogP contribution in [0.15, 0.2) is 0 Å². The Labute approximate surface area is 126 Å². The molecule has 0 unspecified atom stereocenters. The number of hydrogen-bond acceptors (Lipinski definition) is 6. The number of nitrogens with zero attached hydrogens (tertiary/aromatic N) is 1. The molecule has 0 aromatic carbocycles. The first kappa shape index (κ1) is 15.2. The van der Waals surface area contributed by atoms with Gasteiger partial charge in [-0.05, 0) is 13.8 Å². The van der Waals surface area contributed by atoms with Crippen LogP contribution < -0.4 is 16.4 Å². The molecule has 1 aromatic rings. The second-order valence-electron chi connectivity index (χ2n) is 5.48. The fourth-order valence-electron chi connectivity index (χ4n) is 2.34. The molecule has 5 nitrogen and oxygen atoms in total. The summed E-state index contributed by atoms with van der Waals surface area (Å²) in [6, 6.07) is 0. The molecule has 1 aliphatic heterocycles. The minimum atomic E-state index is -0.572. The number of anilines is 2. The average molecular weight is 313 g/mol. The van der Waals surface area contributed by atoms with Crippen LogP contribution in [0.25, 0.3) is 0 Å². The van der Waals surface area contributed by atoms with Crippen molar-refractivity contribution in [2.75, 3.05) is 29.5 Å². The SMILES string of the molecule is CC(=O)c1sc(N2CCSC(C)(C)C2)c(C(N)=O)c1N. The predicted octanol–water partition coefficient (Wildman–Crippen LogP) is 1.96. The summed E-state index contributed by atoms with van der Waals surface area (Å²) >= 11 is 3.17. The van der Waals surface area contributed by atoms with E-state index in [1.165, 1.54) is 18.3 Å². The van der Waals surface area contributed by atoms with Gasteiger partial charge in [0.2, 0.25) is 0 Å². The third kappa shape index (κ3) is 2.78. The van der Waals surface area contributed by atoms with Crippen molar-refractivity contribution >= 4 is 45.5 Å². The lowest BCUT2D eigenvalue weighted by molar-refractivity contribution is 0.100. The van der Waals surface area contributed by atoms with Gasteiger partial charge in [0.1, 0.15) is 5.00 Å². The number of Topliss-reactive ketones (excluding diaryl/α,β-unsaturated/α-hetero) is 1. The molecule has 1 saturated heterocycles. The monoisotopic (exact) mass is 313 g/mol. The smallest absolute Gasteiger partial charge is 0.253 e. The number of thiophene rings is 1. The lowest BCUT2D eigenvalue weighted by Crippen LogP contribution is -2.43. The van der Waals surface area contributed by atoms with E-state index in [0.29, 0.717) is 10.4 Å². The zero-order chi connectivity index (χ0) is 15.1. The van der Waals surface area contributed by atoms with Crippen LogP contribution in [0.1, 0.15) is 40.8 Å². The minimum Gasteiger partial charge on any atom is -0.397 e. The molecular formula is C13H19N3O2S2. The maximum absolute atomic E-state index is 11.7. The zero-order valence-corrected chi connectivity index (χ0v) is 13.5. The van der Waals surface area contributed by atoms with Crippen LogP contribution in [-0.2, 0) is 0 Å². The number of nitrogen functional groups attached to an aromatic ring is 1. The Morgan fingerprint density at radius 2 is 2.00 bits per heavy atom. The molecule has 1 aliphatic rings. The molecule has 1 fully saturated rings. The van der Waals surface area contributed by atoms with Gasteiger partial charge in [-0.1, -0.05) is 0 Å². The summed E-state index contributed by atoms with van der Waals surface area (Å²) < 4.78 is 0.0995.